The molecular formula is C18H17N5O3. The molecule has 132 valence electrons. The van der Waals surface area contributed by atoms with Crippen molar-refractivity contribution in [2.24, 2.45) is 0 Å². The fraction of sp³-hybridized carbons (Fsp3) is 0.111. The average molecular weight is 351 g/mol. The van der Waals surface area contributed by atoms with Gasteiger partial charge in [-0.05, 0) is 31.2 Å². The highest BCUT2D eigenvalue weighted by Crippen LogP contribution is 2.33. The number of nitro groups is 1. The summed E-state index contributed by atoms with van der Waals surface area (Å²) in [5.74, 6) is -0.0303. The van der Waals surface area contributed by atoms with Crippen LogP contribution in [0.3, 0.4) is 0 Å². The zero-order valence-electron chi connectivity index (χ0n) is 14.1. The highest BCUT2D eigenvalue weighted by Gasteiger charge is 2.26. The van der Waals surface area contributed by atoms with Gasteiger partial charge in [-0.1, -0.05) is 36.4 Å². The SMILES string of the molecule is CCOc1ncnc(NN(c2ccccc2)c2ccccc2)c1[N+](=O)[O-]. The third-order valence-electron chi connectivity index (χ3n) is 3.50. The molecule has 0 spiro atoms. The Hall–Kier alpha value is -3.68. The third-order valence-corrected chi connectivity index (χ3v) is 3.50. The van der Waals surface area contributed by atoms with E-state index in [9.17, 15) is 10.1 Å². The van der Waals surface area contributed by atoms with Crippen molar-refractivity contribution < 1.29 is 9.66 Å². The van der Waals surface area contributed by atoms with Gasteiger partial charge in [-0.2, -0.15) is 4.98 Å². The molecule has 0 aliphatic carbocycles. The van der Waals surface area contributed by atoms with E-state index in [-0.39, 0.29) is 24.0 Å². The number of hydrogen-bond acceptors (Lipinski definition) is 7. The van der Waals surface area contributed by atoms with Crippen molar-refractivity contribution in [1.82, 2.24) is 9.97 Å². The maximum atomic E-state index is 11.6. The van der Waals surface area contributed by atoms with Gasteiger partial charge >= 0.3 is 5.69 Å². The van der Waals surface area contributed by atoms with Crippen molar-refractivity contribution in [2.45, 2.75) is 6.92 Å². The number of rotatable bonds is 7. The molecule has 3 aromatic rings. The summed E-state index contributed by atoms with van der Waals surface area (Å²) < 4.78 is 5.28. The molecule has 0 bridgehead atoms. The number of aromatic nitrogens is 2. The summed E-state index contributed by atoms with van der Waals surface area (Å²) >= 11 is 0. The van der Waals surface area contributed by atoms with Crippen molar-refractivity contribution in [3.05, 3.63) is 77.1 Å². The number of nitrogens with zero attached hydrogens (tertiary/aromatic N) is 4. The van der Waals surface area contributed by atoms with E-state index in [4.69, 9.17) is 4.74 Å². The fourth-order valence-electron chi connectivity index (χ4n) is 2.39. The second-order valence-electron chi connectivity index (χ2n) is 5.18. The minimum absolute atomic E-state index is 0.0427. The number of nitrogens with one attached hydrogen (secondary N) is 1. The summed E-state index contributed by atoms with van der Waals surface area (Å²) in [4.78, 5) is 18.9. The predicted octanol–water partition coefficient (Wildman–Crippen LogP) is 3.95. The number of ether oxygens (including phenoxy) is 1. The Morgan fingerprint density at radius 1 is 1.04 bits per heavy atom. The van der Waals surface area contributed by atoms with Crippen LogP contribution < -0.4 is 15.2 Å². The Morgan fingerprint density at radius 3 is 2.12 bits per heavy atom. The molecular weight excluding hydrogens is 334 g/mol. The number of para-hydroxylation sites is 2. The lowest BCUT2D eigenvalue weighted by molar-refractivity contribution is -0.385. The molecule has 0 radical (unpaired) electrons. The van der Waals surface area contributed by atoms with Crippen molar-refractivity contribution >= 4 is 22.9 Å². The zero-order chi connectivity index (χ0) is 18.4. The molecule has 0 atom stereocenters. The lowest BCUT2D eigenvalue weighted by atomic mass is 10.2. The molecule has 26 heavy (non-hydrogen) atoms. The van der Waals surface area contributed by atoms with Gasteiger partial charge in [-0.3, -0.25) is 20.5 Å². The van der Waals surface area contributed by atoms with Gasteiger partial charge in [0.1, 0.15) is 6.33 Å². The summed E-state index contributed by atoms with van der Waals surface area (Å²) in [7, 11) is 0. The van der Waals surface area contributed by atoms with E-state index < -0.39 is 4.92 Å². The summed E-state index contributed by atoms with van der Waals surface area (Å²) in [5, 5.41) is 13.3. The highest BCUT2D eigenvalue weighted by atomic mass is 16.6. The quantitative estimate of drug-likeness (QED) is 0.509. The first-order valence-electron chi connectivity index (χ1n) is 7.99. The van der Waals surface area contributed by atoms with Gasteiger partial charge in [-0.25, -0.2) is 4.98 Å². The Kier molecular flexibility index (Phi) is 5.23. The summed E-state index contributed by atoms with van der Waals surface area (Å²) in [6.07, 6.45) is 1.23. The molecule has 0 saturated heterocycles. The van der Waals surface area contributed by atoms with Gasteiger partial charge in [0.05, 0.1) is 22.9 Å². The topological polar surface area (TPSA) is 93.4 Å². The van der Waals surface area contributed by atoms with Crippen molar-refractivity contribution in [3.8, 4) is 5.88 Å². The van der Waals surface area contributed by atoms with E-state index in [0.29, 0.717) is 0 Å². The average Bonchev–Trinajstić information content (AvgIpc) is 2.67. The van der Waals surface area contributed by atoms with Crippen LogP contribution in [0.4, 0.5) is 22.9 Å². The third kappa shape index (κ3) is 3.69. The molecule has 8 heteroatoms. The van der Waals surface area contributed by atoms with Gasteiger partial charge in [-0.15, -0.1) is 0 Å². The van der Waals surface area contributed by atoms with Crippen molar-refractivity contribution in [2.75, 3.05) is 17.0 Å². The Morgan fingerprint density at radius 2 is 1.62 bits per heavy atom. The summed E-state index contributed by atoms with van der Waals surface area (Å²) in [6, 6.07) is 18.9. The van der Waals surface area contributed by atoms with Crippen molar-refractivity contribution in [1.29, 1.82) is 0 Å². The van der Waals surface area contributed by atoms with Crippen LogP contribution in [-0.4, -0.2) is 21.5 Å². The molecule has 2 aromatic carbocycles. The number of benzene rings is 2. The maximum absolute atomic E-state index is 11.6. The molecule has 1 heterocycles. The molecule has 0 aliphatic heterocycles. The zero-order valence-corrected chi connectivity index (χ0v) is 14.1. The highest BCUT2D eigenvalue weighted by molar-refractivity contribution is 5.71. The minimum atomic E-state index is -0.554. The second-order valence-corrected chi connectivity index (χ2v) is 5.18. The van der Waals surface area contributed by atoms with Gasteiger partial charge < -0.3 is 4.74 Å². The van der Waals surface area contributed by atoms with E-state index in [1.165, 1.54) is 6.33 Å². The van der Waals surface area contributed by atoms with E-state index >= 15 is 0 Å². The largest absolute Gasteiger partial charge is 0.473 e. The first-order valence-corrected chi connectivity index (χ1v) is 7.99. The van der Waals surface area contributed by atoms with Gasteiger partial charge in [0.2, 0.25) is 5.82 Å². The number of hydrazine groups is 1. The van der Waals surface area contributed by atoms with Crippen molar-refractivity contribution in [3.63, 3.8) is 0 Å². The molecule has 8 nitrogen and oxygen atoms in total. The molecule has 0 amide bonds. The molecule has 0 fully saturated rings. The molecule has 1 N–H and O–H groups in total. The smallest absolute Gasteiger partial charge is 0.374 e. The first-order chi connectivity index (χ1) is 12.7. The van der Waals surface area contributed by atoms with Crippen LogP contribution in [0, 0.1) is 10.1 Å². The van der Waals surface area contributed by atoms with E-state index in [1.807, 2.05) is 60.7 Å². The van der Waals surface area contributed by atoms with Crippen LogP contribution in [0.5, 0.6) is 5.88 Å². The molecule has 1 aromatic heterocycles. The van der Waals surface area contributed by atoms with Crippen LogP contribution in [0.15, 0.2) is 67.0 Å². The normalized spacial score (nSPS) is 10.2. The van der Waals surface area contributed by atoms with Gasteiger partial charge in [0.25, 0.3) is 5.88 Å². The molecule has 0 unspecified atom stereocenters. The Bertz CT molecular complexity index is 835. The van der Waals surface area contributed by atoms with Crippen LogP contribution in [0.25, 0.3) is 0 Å². The van der Waals surface area contributed by atoms with Crippen LogP contribution >= 0.6 is 0 Å². The molecule has 0 saturated carbocycles. The Balaban J connectivity index is 2.05. The predicted molar refractivity (Wildman–Crippen MR) is 98.5 cm³/mol. The van der Waals surface area contributed by atoms with Crippen LogP contribution in [0.1, 0.15) is 6.92 Å². The van der Waals surface area contributed by atoms with Crippen LogP contribution in [-0.2, 0) is 0 Å². The molecule has 3 rings (SSSR count). The van der Waals surface area contributed by atoms with Crippen LogP contribution in [0.2, 0.25) is 0 Å². The fourth-order valence-corrected chi connectivity index (χ4v) is 2.39. The first kappa shape index (κ1) is 17.2. The summed E-state index contributed by atoms with van der Waals surface area (Å²) in [5.41, 5.74) is 4.30. The second kappa shape index (κ2) is 7.93. The molecule has 0 aliphatic rings. The van der Waals surface area contributed by atoms with Gasteiger partial charge in [0, 0.05) is 0 Å². The van der Waals surface area contributed by atoms with Gasteiger partial charge in [0.15, 0.2) is 0 Å². The minimum Gasteiger partial charge on any atom is -0.473 e. The summed E-state index contributed by atoms with van der Waals surface area (Å²) in [6.45, 7) is 2.00. The number of hydrogen-bond donors (Lipinski definition) is 1. The van der Waals surface area contributed by atoms with E-state index in [0.717, 1.165) is 11.4 Å². The standard InChI is InChI=1S/C18H17N5O3/c1-2-26-18-16(23(24)25)17(19-13-20-18)21-22(14-9-5-3-6-10-14)15-11-7-4-8-12-15/h3-13H,2H2,1H3,(H,19,20,21). The number of anilines is 3. The monoisotopic (exact) mass is 351 g/mol. The Labute approximate surface area is 150 Å². The lowest BCUT2D eigenvalue weighted by Gasteiger charge is -2.25. The van der Waals surface area contributed by atoms with E-state index in [2.05, 4.69) is 15.4 Å². The maximum Gasteiger partial charge on any atom is 0.374 e. The lowest BCUT2D eigenvalue weighted by Crippen LogP contribution is -2.25. The van der Waals surface area contributed by atoms with E-state index in [1.54, 1.807) is 11.9 Å².